The quantitative estimate of drug-likeness (QED) is 0.427. The highest BCUT2D eigenvalue weighted by Crippen LogP contribution is 2.42. The standard InChI is InChI=1S/C21H14BrN3O4S/c1-10-23-24-21(30-10)25-17(11-4-3-5-12(22)8-11)16-18(26)14-7-6-13(28-2)9-15(14)29-19(16)20(25)27/h3-9,17H,1-2H3. The fourth-order valence-corrected chi connectivity index (χ4v) is 4.78. The van der Waals surface area contributed by atoms with E-state index in [9.17, 15) is 9.59 Å². The zero-order valence-corrected chi connectivity index (χ0v) is 18.3. The molecular formula is C21H14BrN3O4S. The van der Waals surface area contributed by atoms with E-state index in [4.69, 9.17) is 9.15 Å². The van der Waals surface area contributed by atoms with Crippen LogP contribution in [0, 0.1) is 6.92 Å². The normalized spacial score (nSPS) is 15.6. The molecule has 9 heteroatoms. The highest BCUT2D eigenvalue weighted by Gasteiger charge is 2.45. The Bertz CT molecular complexity index is 1380. The van der Waals surface area contributed by atoms with Crippen LogP contribution in [-0.4, -0.2) is 23.2 Å². The van der Waals surface area contributed by atoms with Gasteiger partial charge in [0.1, 0.15) is 16.3 Å². The average Bonchev–Trinajstić information content (AvgIpc) is 3.29. The number of aromatic nitrogens is 2. The summed E-state index contributed by atoms with van der Waals surface area (Å²) in [6.45, 7) is 1.81. The third-order valence-corrected chi connectivity index (χ3v) is 6.30. The molecule has 0 radical (unpaired) electrons. The number of benzene rings is 2. The number of hydrogen-bond donors (Lipinski definition) is 0. The van der Waals surface area contributed by atoms with Gasteiger partial charge in [-0.1, -0.05) is 39.4 Å². The first-order valence-corrected chi connectivity index (χ1v) is 10.6. The lowest BCUT2D eigenvalue weighted by Gasteiger charge is -2.22. The van der Waals surface area contributed by atoms with Crippen LogP contribution in [0.25, 0.3) is 11.0 Å². The number of methoxy groups -OCH3 is 1. The molecule has 0 saturated carbocycles. The molecule has 0 aliphatic carbocycles. The molecule has 5 rings (SSSR count). The van der Waals surface area contributed by atoms with E-state index in [-0.39, 0.29) is 11.2 Å². The smallest absolute Gasteiger partial charge is 0.297 e. The van der Waals surface area contributed by atoms with Gasteiger partial charge in [0.05, 0.1) is 24.1 Å². The summed E-state index contributed by atoms with van der Waals surface area (Å²) in [6.07, 6.45) is 0. The van der Waals surface area contributed by atoms with Crippen LogP contribution in [0.2, 0.25) is 0 Å². The molecule has 0 fully saturated rings. The maximum Gasteiger partial charge on any atom is 0.297 e. The second kappa shape index (κ2) is 7.03. The molecule has 3 heterocycles. The Balaban J connectivity index is 1.82. The van der Waals surface area contributed by atoms with Gasteiger partial charge in [-0.15, -0.1) is 10.2 Å². The molecule has 2 aromatic carbocycles. The van der Waals surface area contributed by atoms with Gasteiger partial charge >= 0.3 is 0 Å². The first-order valence-electron chi connectivity index (χ1n) is 9.02. The lowest BCUT2D eigenvalue weighted by molar-refractivity contribution is 0.0970. The van der Waals surface area contributed by atoms with Crippen molar-refractivity contribution >= 4 is 49.3 Å². The molecule has 2 aromatic heterocycles. The van der Waals surface area contributed by atoms with E-state index in [1.807, 2.05) is 31.2 Å². The number of nitrogens with zero attached hydrogens (tertiary/aromatic N) is 3. The van der Waals surface area contributed by atoms with Gasteiger partial charge in [0.15, 0.2) is 5.43 Å². The molecule has 0 bridgehead atoms. The number of ether oxygens (including phenoxy) is 1. The van der Waals surface area contributed by atoms with E-state index < -0.39 is 11.9 Å². The first kappa shape index (κ1) is 19.0. The zero-order valence-electron chi connectivity index (χ0n) is 15.9. The van der Waals surface area contributed by atoms with E-state index in [1.54, 1.807) is 18.2 Å². The predicted molar refractivity (Wildman–Crippen MR) is 116 cm³/mol. The number of halogens is 1. The van der Waals surface area contributed by atoms with Crippen LogP contribution in [0.3, 0.4) is 0 Å². The summed E-state index contributed by atoms with van der Waals surface area (Å²) in [5, 5.41) is 9.72. The van der Waals surface area contributed by atoms with E-state index in [0.29, 0.717) is 27.4 Å². The number of rotatable bonds is 3. The molecule has 0 spiro atoms. The Kier molecular flexibility index (Phi) is 4.44. The molecule has 30 heavy (non-hydrogen) atoms. The maximum atomic E-state index is 13.5. The summed E-state index contributed by atoms with van der Waals surface area (Å²) in [6, 6.07) is 11.8. The molecular weight excluding hydrogens is 470 g/mol. The first-order chi connectivity index (χ1) is 14.5. The van der Waals surface area contributed by atoms with Crippen molar-refractivity contribution in [1.82, 2.24) is 10.2 Å². The molecule has 0 saturated heterocycles. The Hall–Kier alpha value is -3.04. The van der Waals surface area contributed by atoms with Crippen molar-refractivity contribution in [3.63, 3.8) is 0 Å². The lowest BCUT2D eigenvalue weighted by atomic mass is 9.99. The Morgan fingerprint density at radius 1 is 1.17 bits per heavy atom. The summed E-state index contributed by atoms with van der Waals surface area (Å²) in [5.41, 5.74) is 1.11. The SMILES string of the molecule is COc1ccc2c(=O)c3c(oc2c1)C(=O)N(c1nnc(C)s1)C3c1cccc(Br)c1. The zero-order chi connectivity index (χ0) is 21.0. The van der Waals surface area contributed by atoms with Crippen molar-refractivity contribution in [1.29, 1.82) is 0 Å². The van der Waals surface area contributed by atoms with E-state index in [2.05, 4.69) is 26.1 Å². The Morgan fingerprint density at radius 3 is 2.70 bits per heavy atom. The van der Waals surface area contributed by atoms with Crippen molar-refractivity contribution in [2.45, 2.75) is 13.0 Å². The lowest BCUT2D eigenvalue weighted by Crippen LogP contribution is -2.29. The number of aryl methyl sites for hydroxylation is 1. The van der Waals surface area contributed by atoms with E-state index in [1.165, 1.54) is 23.3 Å². The van der Waals surface area contributed by atoms with Crippen LogP contribution in [0.1, 0.15) is 32.7 Å². The number of hydrogen-bond acceptors (Lipinski definition) is 7. The van der Waals surface area contributed by atoms with Crippen LogP contribution in [0.4, 0.5) is 5.13 Å². The fourth-order valence-electron chi connectivity index (χ4n) is 3.65. The minimum atomic E-state index is -0.667. The van der Waals surface area contributed by atoms with Crippen molar-refractivity contribution in [2.24, 2.45) is 0 Å². The summed E-state index contributed by atoms with van der Waals surface area (Å²) >= 11 is 4.76. The molecule has 1 amide bonds. The molecule has 7 nitrogen and oxygen atoms in total. The number of carbonyl (C=O) groups is 1. The van der Waals surface area contributed by atoms with E-state index >= 15 is 0 Å². The second-order valence-corrected chi connectivity index (χ2v) is 8.85. The molecule has 1 aliphatic heterocycles. The van der Waals surface area contributed by atoms with Crippen molar-refractivity contribution in [2.75, 3.05) is 12.0 Å². The Labute approximate surface area is 183 Å². The van der Waals surface area contributed by atoms with Gasteiger partial charge in [0.2, 0.25) is 10.9 Å². The van der Waals surface area contributed by atoms with Gasteiger partial charge in [-0.25, -0.2) is 0 Å². The highest BCUT2D eigenvalue weighted by atomic mass is 79.9. The number of anilines is 1. The van der Waals surface area contributed by atoms with Crippen LogP contribution in [-0.2, 0) is 0 Å². The third kappa shape index (κ3) is 2.85. The summed E-state index contributed by atoms with van der Waals surface area (Å²) in [4.78, 5) is 28.4. The second-order valence-electron chi connectivity index (χ2n) is 6.77. The predicted octanol–water partition coefficient (Wildman–Crippen LogP) is 4.47. The van der Waals surface area contributed by atoms with Gasteiger partial charge in [-0.05, 0) is 36.8 Å². The van der Waals surface area contributed by atoms with Gasteiger partial charge in [-0.3, -0.25) is 14.5 Å². The van der Waals surface area contributed by atoms with Crippen molar-refractivity contribution in [3.05, 3.63) is 79.1 Å². The molecule has 4 aromatic rings. The summed E-state index contributed by atoms with van der Waals surface area (Å²) in [7, 11) is 1.53. The van der Waals surface area contributed by atoms with Crippen molar-refractivity contribution < 1.29 is 13.9 Å². The number of amides is 1. The molecule has 1 aliphatic rings. The largest absolute Gasteiger partial charge is 0.497 e. The van der Waals surface area contributed by atoms with Gasteiger partial charge < -0.3 is 9.15 Å². The third-order valence-electron chi connectivity index (χ3n) is 4.97. The van der Waals surface area contributed by atoms with Crippen LogP contribution in [0.5, 0.6) is 5.75 Å². The van der Waals surface area contributed by atoms with Crippen molar-refractivity contribution in [3.8, 4) is 5.75 Å². The van der Waals surface area contributed by atoms with Gasteiger partial charge in [0.25, 0.3) is 5.91 Å². The monoisotopic (exact) mass is 483 g/mol. The van der Waals surface area contributed by atoms with Crippen LogP contribution >= 0.6 is 27.3 Å². The van der Waals surface area contributed by atoms with Gasteiger partial charge in [0, 0.05) is 10.5 Å². The van der Waals surface area contributed by atoms with E-state index in [0.717, 1.165) is 15.0 Å². The minimum Gasteiger partial charge on any atom is -0.497 e. The van der Waals surface area contributed by atoms with Crippen LogP contribution < -0.4 is 15.1 Å². The summed E-state index contributed by atoms with van der Waals surface area (Å²) in [5.74, 6) is 0.128. The molecule has 150 valence electrons. The topological polar surface area (TPSA) is 85.5 Å². The molecule has 1 atom stereocenters. The highest BCUT2D eigenvalue weighted by molar-refractivity contribution is 9.10. The maximum absolute atomic E-state index is 13.5. The van der Waals surface area contributed by atoms with Crippen LogP contribution in [0.15, 0.2) is 56.1 Å². The molecule has 1 unspecified atom stereocenters. The number of fused-ring (bicyclic) bond motifs is 2. The number of carbonyl (C=O) groups excluding carboxylic acids is 1. The van der Waals surface area contributed by atoms with Gasteiger partial charge in [-0.2, -0.15) is 0 Å². The summed E-state index contributed by atoms with van der Waals surface area (Å²) < 4.78 is 12.0. The fraction of sp³-hybridized carbons (Fsp3) is 0.143. The minimum absolute atomic E-state index is 0.0126. The average molecular weight is 484 g/mol. The Morgan fingerprint density at radius 2 is 2.00 bits per heavy atom. The molecule has 0 N–H and O–H groups in total.